The fourth-order valence-corrected chi connectivity index (χ4v) is 0.668. The van der Waals surface area contributed by atoms with Crippen molar-refractivity contribution in [3.8, 4) is 6.19 Å². The van der Waals surface area contributed by atoms with Gasteiger partial charge in [0, 0.05) is 13.2 Å². The van der Waals surface area contributed by atoms with Crippen molar-refractivity contribution in [3.05, 3.63) is 12.4 Å². The topological polar surface area (TPSA) is 92.7 Å². The van der Waals surface area contributed by atoms with Gasteiger partial charge >= 0.3 is 0 Å². The predicted octanol–water partition coefficient (Wildman–Crippen LogP) is -1.58. The number of hydrazine groups is 3. The number of nitriles is 1. The van der Waals surface area contributed by atoms with Crippen molar-refractivity contribution in [2.45, 2.75) is 0 Å². The smallest absolute Gasteiger partial charge is 0.224 e. The maximum Gasteiger partial charge on any atom is 0.224 e. The first kappa shape index (κ1) is 8.16. The van der Waals surface area contributed by atoms with Crippen molar-refractivity contribution in [1.82, 2.24) is 21.1 Å². The van der Waals surface area contributed by atoms with Gasteiger partial charge in [-0.2, -0.15) is 5.26 Å². The van der Waals surface area contributed by atoms with Gasteiger partial charge in [0.15, 0.2) is 0 Å². The highest BCUT2D eigenvalue weighted by molar-refractivity contribution is 5.78. The fourth-order valence-electron chi connectivity index (χ4n) is 0.668. The Balaban J connectivity index is 2.40. The zero-order chi connectivity index (χ0) is 8.97. The van der Waals surface area contributed by atoms with Crippen LogP contribution in [-0.2, 0) is 0 Å². The summed E-state index contributed by atoms with van der Waals surface area (Å²) in [6.45, 7) is 0. The highest BCUT2D eigenvalue weighted by Gasteiger charge is 2.06. The average Bonchev–Trinajstić information content (AvgIpc) is 2.36. The van der Waals surface area contributed by atoms with E-state index in [1.807, 2.05) is 7.05 Å². The van der Waals surface area contributed by atoms with E-state index < -0.39 is 0 Å². The Labute approximate surface area is 69.7 Å². The minimum atomic E-state index is 0.0324. The molecule has 7 heteroatoms. The van der Waals surface area contributed by atoms with Crippen LogP contribution in [0.2, 0.25) is 0 Å². The summed E-state index contributed by atoms with van der Waals surface area (Å²) in [4.78, 5) is 3.27. The van der Waals surface area contributed by atoms with Crippen LogP contribution in [0.15, 0.2) is 17.4 Å². The molecule has 0 aromatic carbocycles. The largest absolute Gasteiger partial charge is 0.368 e. The lowest BCUT2D eigenvalue weighted by Gasteiger charge is -2.19. The third-order valence-corrected chi connectivity index (χ3v) is 1.11. The molecule has 64 valence electrons. The molecule has 1 aliphatic heterocycles. The van der Waals surface area contributed by atoms with Crippen molar-refractivity contribution < 1.29 is 0 Å². The van der Waals surface area contributed by atoms with E-state index in [0.717, 1.165) is 0 Å². The Morgan fingerprint density at radius 3 is 3.00 bits per heavy atom. The molecule has 0 saturated carbocycles. The van der Waals surface area contributed by atoms with Gasteiger partial charge in [0.25, 0.3) is 0 Å². The lowest BCUT2D eigenvalue weighted by atomic mass is 10.9. The minimum Gasteiger partial charge on any atom is -0.368 e. The molecule has 0 unspecified atom stereocenters. The molecule has 1 aliphatic rings. The molecular weight excluding hydrogens is 158 g/mol. The molecule has 0 aromatic rings. The van der Waals surface area contributed by atoms with E-state index in [4.69, 9.17) is 11.0 Å². The molecule has 1 rings (SSSR count). The monoisotopic (exact) mass is 167 g/mol. The van der Waals surface area contributed by atoms with Crippen LogP contribution < -0.4 is 16.7 Å². The van der Waals surface area contributed by atoms with Crippen LogP contribution >= 0.6 is 0 Å². The van der Waals surface area contributed by atoms with Crippen LogP contribution in [0.25, 0.3) is 0 Å². The zero-order valence-corrected chi connectivity index (χ0v) is 6.52. The van der Waals surface area contributed by atoms with Crippen LogP contribution in [0.5, 0.6) is 0 Å². The summed E-state index contributed by atoms with van der Waals surface area (Å²) in [5, 5.41) is 11.3. The molecule has 12 heavy (non-hydrogen) atoms. The maximum atomic E-state index is 8.14. The summed E-state index contributed by atoms with van der Waals surface area (Å²) in [5.41, 5.74) is 10.7. The highest BCUT2D eigenvalue weighted by atomic mass is 15.9. The number of aliphatic imine (C=N–C) groups is 1. The molecule has 0 spiro atoms. The number of guanidine groups is 1. The van der Waals surface area contributed by atoms with Crippen molar-refractivity contribution in [2.75, 3.05) is 7.05 Å². The number of hydrogen-bond donors (Lipinski definition) is 3. The van der Waals surface area contributed by atoms with Crippen molar-refractivity contribution in [2.24, 2.45) is 10.7 Å². The second-order valence-electron chi connectivity index (χ2n) is 2.09. The third-order valence-electron chi connectivity index (χ3n) is 1.11. The van der Waals surface area contributed by atoms with Gasteiger partial charge in [-0.25, -0.2) is 5.12 Å². The molecule has 0 bridgehead atoms. The molecule has 0 amide bonds. The Kier molecular flexibility index (Phi) is 2.35. The molecular formula is C5H9N7. The first-order chi connectivity index (χ1) is 5.72. The molecule has 4 N–H and O–H groups in total. The number of nitrogens with two attached hydrogens (primary N) is 1. The van der Waals surface area contributed by atoms with Gasteiger partial charge in [-0.1, -0.05) is 0 Å². The lowest BCUT2D eigenvalue weighted by Crippen LogP contribution is -2.50. The molecule has 0 aromatic heterocycles. The molecule has 0 fully saturated rings. The standard InChI is InChI=1S/C5H9N7/c1-11-2-3-12(10-11)9-5(7)8-4-6/h2-3,10H,1H3,(H3,7,8,9). The fraction of sp³-hybridized carbons (Fsp3) is 0.200. The number of nitrogens with one attached hydrogen (secondary N) is 2. The van der Waals surface area contributed by atoms with E-state index in [1.165, 1.54) is 5.12 Å². The lowest BCUT2D eigenvalue weighted by molar-refractivity contribution is 0.136. The zero-order valence-electron chi connectivity index (χ0n) is 6.52. The summed E-state index contributed by atoms with van der Waals surface area (Å²) in [5.74, 6) is 0.0324. The summed E-state index contributed by atoms with van der Waals surface area (Å²) in [6, 6.07) is 0. The summed E-state index contributed by atoms with van der Waals surface area (Å²) in [6.07, 6.45) is 5.03. The van der Waals surface area contributed by atoms with Gasteiger partial charge in [0.2, 0.25) is 12.2 Å². The van der Waals surface area contributed by atoms with Crippen LogP contribution in [0.4, 0.5) is 0 Å². The van der Waals surface area contributed by atoms with E-state index in [2.05, 4.69) is 16.0 Å². The summed E-state index contributed by atoms with van der Waals surface area (Å²) in [7, 11) is 1.82. The van der Waals surface area contributed by atoms with Crippen molar-refractivity contribution in [1.29, 1.82) is 5.26 Å². The second-order valence-corrected chi connectivity index (χ2v) is 2.09. The van der Waals surface area contributed by atoms with Crippen LogP contribution in [0.1, 0.15) is 0 Å². The Morgan fingerprint density at radius 1 is 1.75 bits per heavy atom. The number of nitrogens with zero attached hydrogens (tertiary/aromatic N) is 4. The first-order valence-corrected chi connectivity index (χ1v) is 3.18. The normalized spacial score (nSPS) is 16.5. The molecule has 7 nitrogen and oxygen atoms in total. The SMILES string of the molecule is CN1C=CN(NC(N)=NC#N)N1. The van der Waals surface area contributed by atoms with E-state index in [1.54, 1.807) is 23.6 Å². The minimum absolute atomic E-state index is 0.0324. The van der Waals surface area contributed by atoms with E-state index in [-0.39, 0.29) is 5.96 Å². The van der Waals surface area contributed by atoms with E-state index >= 15 is 0 Å². The Morgan fingerprint density at radius 2 is 2.50 bits per heavy atom. The van der Waals surface area contributed by atoms with Crippen LogP contribution in [0, 0.1) is 11.5 Å². The molecule has 0 saturated heterocycles. The number of hydrogen-bond acceptors (Lipinski definition) is 5. The van der Waals surface area contributed by atoms with E-state index in [9.17, 15) is 0 Å². The second kappa shape index (κ2) is 3.45. The Hall–Kier alpha value is -1.94. The van der Waals surface area contributed by atoms with Crippen LogP contribution in [0.3, 0.4) is 0 Å². The molecule has 0 aliphatic carbocycles. The van der Waals surface area contributed by atoms with Crippen molar-refractivity contribution >= 4 is 5.96 Å². The van der Waals surface area contributed by atoms with Crippen molar-refractivity contribution in [3.63, 3.8) is 0 Å². The summed E-state index contributed by atoms with van der Waals surface area (Å²) < 4.78 is 0. The molecule has 0 radical (unpaired) electrons. The highest BCUT2D eigenvalue weighted by Crippen LogP contribution is 1.91. The quantitative estimate of drug-likeness (QED) is 0.248. The maximum absolute atomic E-state index is 8.14. The van der Waals surface area contributed by atoms with Gasteiger partial charge < -0.3 is 5.73 Å². The predicted molar refractivity (Wildman–Crippen MR) is 42.2 cm³/mol. The van der Waals surface area contributed by atoms with Gasteiger partial charge in [0.05, 0.1) is 6.20 Å². The summed E-state index contributed by atoms with van der Waals surface area (Å²) >= 11 is 0. The van der Waals surface area contributed by atoms with Crippen LogP contribution in [-0.4, -0.2) is 23.1 Å². The van der Waals surface area contributed by atoms with Gasteiger partial charge in [-0.05, 0) is 0 Å². The number of rotatable bonds is 1. The van der Waals surface area contributed by atoms with Gasteiger partial charge in [-0.3, -0.25) is 10.4 Å². The Bertz CT molecular complexity index is 249. The van der Waals surface area contributed by atoms with Gasteiger partial charge in [0.1, 0.15) is 0 Å². The van der Waals surface area contributed by atoms with E-state index in [0.29, 0.717) is 0 Å². The van der Waals surface area contributed by atoms with Gasteiger partial charge in [-0.15, -0.1) is 10.5 Å². The third kappa shape index (κ3) is 2.03. The average molecular weight is 167 g/mol. The molecule has 1 heterocycles. The first-order valence-electron chi connectivity index (χ1n) is 3.18. The molecule has 0 atom stereocenters.